The first-order valence-corrected chi connectivity index (χ1v) is 6.88. The highest BCUT2D eigenvalue weighted by Crippen LogP contribution is 2.25. The molecule has 2 rings (SSSR count). The van der Waals surface area contributed by atoms with Crippen LogP contribution in [0.15, 0.2) is 24.3 Å². The molecule has 106 valence electrons. The Morgan fingerprint density at radius 3 is 2.63 bits per heavy atom. The number of para-hydroxylation sites is 1. The molecule has 4 nitrogen and oxygen atoms in total. The average Bonchev–Trinajstić information content (AvgIpc) is 2.42. The molecule has 0 amide bonds. The van der Waals surface area contributed by atoms with Gasteiger partial charge in [-0.15, -0.1) is 0 Å². The van der Waals surface area contributed by atoms with Crippen LogP contribution in [0, 0.1) is 0 Å². The van der Waals surface area contributed by atoms with Gasteiger partial charge >= 0.3 is 0 Å². The van der Waals surface area contributed by atoms with Crippen LogP contribution in [-0.4, -0.2) is 49.4 Å². The number of benzene rings is 1. The van der Waals surface area contributed by atoms with Crippen molar-refractivity contribution in [3.8, 4) is 5.75 Å². The molecule has 1 aliphatic heterocycles. The van der Waals surface area contributed by atoms with Gasteiger partial charge in [-0.3, -0.25) is 4.90 Å². The Hall–Kier alpha value is -1.10. The molecule has 1 aromatic rings. The highest BCUT2D eigenvalue weighted by atomic mass is 16.5. The van der Waals surface area contributed by atoms with Crippen LogP contribution in [0.25, 0.3) is 0 Å². The third-order valence-corrected chi connectivity index (χ3v) is 3.88. The third-order valence-electron chi connectivity index (χ3n) is 3.88. The summed E-state index contributed by atoms with van der Waals surface area (Å²) in [5, 5.41) is 13.4. The molecule has 0 radical (unpaired) electrons. The molecule has 0 aliphatic carbocycles. The van der Waals surface area contributed by atoms with Gasteiger partial charge in [-0.25, -0.2) is 0 Å². The fourth-order valence-electron chi connectivity index (χ4n) is 2.71. The Bertz CT molecular complexity index is 401. The molecule has 2 N–H and O–H groups in total. The number of ether oxygens (including phenoxy) is 1. The standard InChI is InChI=1S/C15H24N2O2/c1-16-12-15(18)7-9-17(10-8-15)11-13-5-3-4-6-14(13)19-2/h3-6,16,18H,7-12H2,1-2H3. The average molecular weight is 264 g/mol. The Balaban J connectivity index is 1.92. The summed E-state index contributed by atoms with van der Waals surface area (Å²) < 4.78 is 5.38. The Labute approximate surface area is 115 Å². The molecule has 1 saturated heterocycles. The van der Waals surface area contributed by atoms with Crippen molar-refractivity contribution in [3.63, 3.8) is 0 Å². The predicted molar refractivity (Wildman–Crippen MR) is 76.4 cm³/mol. The first-order chi connectivity index (χ1) is 9.17. The van der Waals surface area contributed by atoms with E-state index in [-0.39, 0.29) is 0 Å². The van der Waals surface area contributed by atoms with Gasteiger partial charge in [0.1, 0.15) is 5.75 Å². The normalized spacial score (nSPS) is 19.3. The maximum Gasteiger partial charge on any atom is 0.123 e. The van der Waals surface area contributed by atoms with Crippen LogP contribution < -0.4 is 10.1 Å². The minimum absolute atomic E-state index is 0.536. The molecular formula is C15H24N2O2. The molecule has 0 spiro atoms. The molecule has 1 fully saturated rings. The monoisotopic (exact) mass is 264 g/mol. The largest absolute Gasteiger partial charge is 0.496 e. The molecule has 1 aliphatic rings. The molecule has 0 saturated carbocycles. The second-order valence-corrected chi connectivity index (χ2v) is 5.34. The van der Waals surface area contributed by atoms with Crippen molar-refractivity contribution in [2.75, 3.05) is 33.8 Å². The lowest BCUT2D eigenvalue weighted by Crippen LogP contribution is -2.49. The minimum Gasteiger partial charge on any atom is -0.496 e. The second-order valence-electron chi connectivity index (χ2n) is 5.34. The molecule has 0 aromatic heterocycles. The van der Waals surface area contributed by atoms with Gasteiger partial charge in [0.15, 0.2) is 0 Å². The zero-order valence-corrected chi connectivity index (χ0v) is 11.9. The molecular weight excluding hydrogens is 240 g/mol. The van der Waals surface area contributed by atoms with Gasteiger partial charge in [0.2, 0.25) is 0 Å². The van der Waals surface area contributed by atoms with E-state index in [9.17, 15) is 5.11 Å². The second kappa shape index (κ2) is 6.37. The van der Waals surface area contributed by atoms with Gasteiger partial charge in [-0.2, -0.15) is 0 Å². The topological polar surface area (TPSA) is 44.7 Å². The van der Waals surface area contributed by atoms with Gasteiger partial charge in [0, 0.05) is 31.7 Å². The van der Waals surface area contributed by atoms with Crippen molar-refractivity contribution < 1.29 is 9.84 Å². The Morgan fingerprint density at radius 1 is 1.32 bits per heavy atom. The van der Waals surface area contributed by atoms with Crippen molar-refractivity contribution in [2.45, 2.75) is 25.0 Å². The van der Waals surface area contributed by atoms with Gasteiger partial charge in [0.05, 0.1) is 12.7 Å². The van der Waals surface area contributed by atoms with E-state index in [1.807, 2.05) is 25.2 Å². The number of nitrogens with one attached hydrogen (secondary N) is 1. The number of piperidine rings is 1. The summed E-state index contributed by atoms with van der Waals surface area (Å²) in [4.78, 5) is 2.38. The minimum atomic E-state index is -0.536. The van der Waals surface area contributed by atoms with E-state index in [0.717, 1.165) is 38.2 Å². The Morgan fingerprint density at radius 2 is 2.00 bits per heavy atom. The Kier molecular flexibility index (Phi) is 4.80. The van der Waals surface area contributed by atoms with Crippen molar-refractivity contribution in [1.29, 1.82) is 0 Å². The summed E-state index contributed by atoms with van der Waals surface area (Å²) >= 11 is 0. The van der Waals surface area contributed by atoms with Crippen molar-refractivity contribution in [2.24, 2.45) is 0 Å². The summed E-state index contributed by atoms with van der Waals surface area (Å²) in [6.45, 7) is 3.42. The SMILES string of the molecule is CNCC1(O)CCN(Cc2ccccc2OC)CC1. The van der Waals surface area contributed by atoms with E-state index in [0.29, 0.717) is 6.54 Å². The number of aliphatic hydroxyl groups is 1. The fourth-order valence-corrected chi connectivity index (χ4v) is 2.71. The van der Waals surface area contributed by atoms with E-state index < -0.39 is 5.60 Å². The van der Waals surface area contributed by atoms with Crippen molar-refractivity contribution >= 4 is 0 Å². The lowest BCUT2D eigenvalue weighted by atomic mass is 9.91. The van der Waals surface area contributed by atoms with Crippen molar-refractivity contribution in [1.82, 2.24) is 10.2 Å². The quantitative estimate of drug-likeness (QED) is 0.840. The van der Waals surface area contributed by atoms with E-state index >= 15 is 0 Å². The summed E-state index contributed by atoms with van der Waals surface area (Å²) in [6, 6.07) is 8.13. The van der Waals surface area contributed by atoms with Gasteiger partial charge < -0.3 is 15.2 Å². The molecule has 4 heteroatoms. The number of hydrogen-bond acceptors (Lipinski definition) is 4. The van der Waals surface area contributed by atoms with E-state index in [1.165, 1.54) is 5.56 Å². The number of likely N-dealkylation sites (N-methyl/N-ethyl adjacent to an activating group) is 1. The van der Waals surface area contributed by atoms with E-state index in [4.69, 9.17) is 4.74 Å². The smallest absolute Gasteiger partial charge is 0.123 e. The first-order valence-electron chi connectivity index (χ1n) is 6.88. The zero-order valence-electron chi connectivity index (χ0n) is 11.9. The zero-order chi connectivity index (χ0) is 13.7. The molecule has 0 unspecified atom stereocenters. The molecule has 0 atom stereocenters. The van der Waals surface area contributed by atoms with E-state index in [2.05, 4.69) is 16.3 Å². The van der Waals surface area contributed by atoms with E-state index in [1.54, 1.807) is 7.11 Å². The van der Waals surface area contributed by atoms with Crippen LogP contribution in [0.4, 0.5) is 0 Å². The maximum absolute atomic E-state index is 10.3. The molecule has 1 aromatic carbocycles. The van der Waals surface area contributed by atoms with Crippen LogP contribution in [-0.2, 0) is 6.54 Å². The summed E-state index contributed by atoms with van der Waals surface area (Å²) in [6.07, 6.45) is 1.64. The van der Waals surface area contributed by atoms with Gasteiger partial charge in [-0.1, -0.05) is 18.2 Å². The first kappa shape index (κ1) is 14.3. The summed E-state index contributed by atoms with van der Waals surface area (Å²) in [5.41, 5.74) is 0.676. The molecule has 19 heavy (non-hydrogen) atoms. The maximum atomic E-state index is 10.3. The van der Waals surface area contributed by atoms with Crippen LogP contribution in [0.1, 0.15) is 18.4 Å². The fraction of sp³-hybridized carbons (Fsp3) is 0.600. The number of hydrogen-bond donors (Lipinski definition) is 2. The van der Waals surface area contributed by atoms with Crippen molar-refractivity contribution in [3.05, 3.63) is 29.8 Å². The van der Waals surface area contributed by atoms with Crippen LogP contribution >= 0.6 is 0 Å². The third kappa shape index (κ3) is 3.69. The predicted octanol–water partition coefficient (Wildman–Crippen LogP) is 1.24. The summed E-state index contributed by atoms with van der Waals surface area (Å²) in [5.74, 6) is 0.943. The lowest BCUT2D eigenvalue weighted by molar-refractivity contribution is -0.0204. The van der Waals surface area contributed by atoms with Crippen LogP contribution in [0.5, 0.6) is 5.75 Å². The van der Waals surface area contributed by atoms with Crippen LogP contribution in [0.3, 0.4) is 0 Å². The van der Waals surface area contributed by atoms with Gasteiger partial charge in [0.25, 0.3) is 0 Å². The summed E-state index contributed by atoms with van der Waals surface area (Å²) in [7, 11) is 3.60. The highest BCUT2D eigenvalue weighted by molar-refractivity contribution is 5.33. The lowest BCUT2D eigenvalue weighted by Gasteiger charge is -2.38. The number of nitrogens with zero attached hydrogens (tertiary/aromatic N) is 1. The molecule has 1 heterocycles. The van der Waals surface area contributed by atoms with Crippen LogP contribution in [0.2, 0.25) is 0 Å². The number of methoxy groups -OCH3 is 1. The number of rotatable bonds is 5. The van der Waals surface area contributed by atoms with Gasteiger partial charge in [-0.05, 0) is 26.0 Å². The molecule has 0 bridgehead atoms. The number of likely N-dealkylation sites (tertiary alicyclic amines) is 1. The highest BCUT2D eigenvalue weighted by Gasteiger charge is 2.31.